The van der Waals surface area contributed by atoms with Crippen LogP contribution in [0.4, 0.5) is 5.69 Å². The molecule has 1 N–H and O–H groups in total. The molecule has 0 radical (unpaired) electrons. The predicted octanol–water partition coefficient (Wildman–Crippen LogP) is 8.40. The summed E-state index contributed by atoms with van der Waals surface area (Å²) in [5.41, 5.74) is 4.81. The summed E-state index contributed by atoms with van der Waals surface area (Å²) in [6.45, 7) is 0.610. The maximum atomic E-state index is 12.5. The Morgan fingerprint density at radius 1 is 0.737 bits per heavy atom. The molecule has 0 unspecified atom stereocenters. The summed E-state index contributed by atoms with van der Waals surface area (Å²) in [6, 6.07) is 35.8. The summed E-state index contributed by atoms with van der Waals surface area (Å²) in [5, 5.41) is 3.06. The van der Waals surface area contributed by atoms with E-state index in [-0.39, 0.29) is 6.61 Å². The average molecular weight is 508 g/mol. The summed E-state index contributed by atoms with van der Waals surface area (Å²) in [5.74, 6) is 0.957. The zero-order valence-electron chi connectivity index (χ0n) is 22.1. The molecule has 1 fully saturated rings. The first-order valence-corrected chi connectivity index (χ1v) is 13.5. The van der Waals surface area contributed by atoms with Gasteiger partial charge in [-0.1, -0.05) is 110 Å². The van der Waals surface area contributed by atoms with Crippen molar-refractivity contribution in [2.24, 2.45) is 0 Å². The molecule has 38 heavy (non-hydrogen) atoms. The van der Waals surface area contributed by atoms with Gasteiger partial charge in [0.25, 0.3) is 0 Å². The Hall–Kier alpha value is -4.05. The van der Waals surface area contributed by atoms with Crippen LogP contribution in [0.5, 0.6) is 5.75 Å². The van der Waals surface area contributed by atoms with Crippen LogP contribution in [0.2, 0.25) is 0 Å². The molecule has 0 aliphatic heterocycles. The third kappa shape index (κ3) is 8.24. The van der Waals surface area contributed by atoms with E-state index >= 15 is 0 Å². The van der Waals surface area contributed by atoms with E-state index in [1.807, 2.05) is 79.8 Å². The molecule has 4 heteroatoms. The SMILES string of the molecule is CNc1ccc(C(=O)OCc2ccccc2)c(OCc2ccccc2)c1.c1ccc(C2CCCCC2)cc1. The molecule has 0 bridgehead atoms. The molecule has 0 amide bonds. The van der Waals surface area contributed by atoms with Gasteiger partial charge in [0.15, 0.2) is 0 Å². The Labute approximate surface area is 226 Å². The second kappa shape index (κ2) is 14.6. The van der Waals surface area contributed by atoms with E-state index in [9.17, 15) is 4.79 Å². The fourth-order valence-corrected chi connectivity index (χ4v) is 4.66. The van der Waals surface area contributed by atoms with E-state index in [1.54, 1.807) is 11.6 Å². The molecule has 0 aromatic heterocycles. The lowest BCUT2D eigenvalue weighted by Gasteiger charge is -2.21. The standard InChI is InChI=1S/C22H21NO3.C12H16/c1-23-19-12-13-20(22(24)26-16-18-10-6-3-7-11-18)21(14-19)25-15-17-8-4-2-5-9-17;1-3-7-11(8-4-1)12-9-5-2-6-10-12/h2-14,23H,15-16H2,1H3;1,3-4,7-8,12H,2,5-6,9-10H2. The van der Waals surface area contributed by atoms with Crippen LogP contribution < -0.4 is 10.1 Å². The van der Waals surface area contributed by atoms with Gasteiger partial charge < -0.3 is 14.8 Å². The van der Waals surface area contributed by atoms with Gasteiger partial charge >= 0.3 is 5.97 Å². The number of benzene rings is 4. The maximum Gasteiger partial charge on any atom is 0.342 e. The third-order valence-electron chi connectivity index (χ3n) is 6.82. The first-order valence-electron chi connectivity index (χ1n) is 13.5. The molecule has 4 aromatic rings. The highest BCUT2D eigenvalue weighted by Crippen LogP contribution is 2.32. The quantitative estimate of drug-likeness (QED) is 0.243. The van der Waals surface area contributed by atoms with Crippen LogP contribution in [0, 0.1) is 0 Å². The normalized spacial score (nSPS) is 13.1. The van der Waals surface area contributed by atoms with Gasteiger partial charge in [-0.25, -0.2) is 4.79 Å². The molecule has 196 valence electrons. The van der Waals surface area contributed by atoms with E-state index in [2.05, 4.69) is 35.6 Å². The topological polar surface area (TPSA) is 47.6 Å². The second-order valence-electron chi connectivity index (χ2n) is 9.54. The molecule has 0 spiro atoms. The Morgan fingerprint density at radius 3 is 1.92 bits per heavy atom. The number of rotatable bonds is 8. The number of anilines is 1. The Balaban J connectivity index is 0.000000232. The average Bonchev–Trinajstić information content (AvgIpc) is 3.01. The van der Waals surface area contributed by atoms with Gasteiger partial charge in [-0.05, 0) is 47.6 Å². The van der Waals surface area contributed by atoms with Gasteiger partial charge in [0.05, 0.1) is 0 Å². The number of carbonyl (C=O) groups excluding carboxylic acids is 1. The summed E-state index contributed by atoms with van der Waals surface area (Å²) in [6.07, 6.45) is 7.12. The molecule has 1 aliphatic rings. The van der Waals surface area contributed by atoms with Crippen LogP contribution in [-0.2, 0) is 18.0 Å². The summed E-state index contributed by atoms with van der Waals surface area (Å²) >= 11 is 0. The fourth-order valence-electron chi connectivity index (χ4n) is 4.66. The van der Waals surface area contributed by atoms with Gasteiger partial charge in [-0.15, -0.1) is 0 Å². The zero-order chi connectivity index (χ0) is 26.4. The van der Waals surface area contributed by atoms with Crippen LogP contribution in [0.3, 0.4) is 0 Å². The van der Waals surface area contributed by atoms with Crippen molar-refractivity contribution < 1.29 is 14.3 Å². The molecule has 5 rings (SSSR count). The highest BCUT2D eigenvalue weighted by atomic mass is 16.5. The lowest BCUT2D eigenvalue weighted by molar-refractivity contribution is 0.0467. The minimum absolute atomic E-state index is 0.228. The monoisotopic (exact) mass is 507 g/mol. The molecule has 0 saturated heterocycles. The molecule has 4 aromatic carbocycles. The van der Waals surface area contributed by atoms with E-state index in [4.69, 9.17) is 9.47 Å². The van der Waals surface area contributed by atoms with Crippen molar-refractivity contribution in [3.8, 4) is 5.75 Å². The minimum Gasteiger partial charge on any atom is -0.488 e. The highest BCUT2D eigenvalue weighted by Gasteiger charge is 2.16. The Bertz CT molecular complexity index is 1240. The maximum absolute atomic E-state index is 12.5. The molecule has 0 atom stereocenters. The van der Waals surface area contributed by atoms with Gasteiger partial charge in [0, 0.05) is 18.8 Å². The van der Waals surface area contributed by atoms with E-state index < -0.39 is 5.97 Å². The van der Waals surface area contributed by atoms with Crippen molar-refractivity contribution in [2.45, 2.75) is 51.2 Å². The van der Waals surface area contributed by atoms with Crippen molar-refractivity contribution in [2.75, 3.05) is 12.4 Å². The van der Waals surface area contributed by atoms with Crippen LogP contribution in [-0.4, -0.2) is 13.0 Å². The Morgan fingerprint density at radius 2 is 1.32 bits per heavy atom. The minimum atomic E-state index is -0.403. The van der Waals surface area contributed by atoms with Crippen molar-refractivity contribution in [3.05, 3.63) is 131 Å². The molecular formula is C34H37NO3. The molecule has 1 saturated carbocycles. The highest BCUT2D eigenvalue weighted by molar-refractivity contribution is 5.93. The number of esters is 1. The van der Waals surface area contributed by atoms with Crippen molar-refractivity contribution in [1.29, 1.82) is 0 Å². The van der Waals surface area contributed by atoms with E-state index in [0.29, 0.717) is 17.9 Å². The summed E-state index contributed by atoms with van der Waals surface area (Å²) < 4.78 is 11.3. The van der Waals surface area contributed by atoms with Gasteiger partial charge in [-0.3, -0.25) is 0 Å². The molecule has 0 heterocycles. The second-order valence-corrected chi connectivity index (χ2v) is 9.54. The first-order chi connectivity index (χ1) is 18.7. The molecule has 1 aliphatic carbocycles. The fraction of sp³-hybridized carbons (Fsp3) is 0.265. The lowest BCUT2D eigenvalue weighted by Crippen LogP contribution is -2.09. The van der Waals surface area contributed by atoms with Crippen LogP contribution in [0.25, 0.3) is 0 Å². The number of ether oxygens (including phenoxy) is 2. The van der Waals surface area contributed by atoms with Crippen molar-refractivity contribution >= 4 is 11.7 Å². The van der Waals surface area contributed by atoms with Crippen LogP contribution in [0.1, 0.15) is 65.1 Å². The molecule has 4 nitrogen and oxygen atoms in total. The van der Waals surface area contributed by atoms with Crippen molar-refractivity contribution in [1.82, 2.24) is 0 Å². The third-order valence-corrected chi connectivity index (χ3v) is 6.82. The van der Waals surface area contributed by atoms with Gasteiger partial charge in [0.2, 0.25) is 0 Å². The largest absolute Gasteiger partial charge is 0.488 e. The van der Waals surface area contributed by atoms with E-state index in [1.165, 1.54) is 32.1 Å². The number of carbonyl (C=O) groups is 1. The number of hydrogen-bond donors (Lipinski definition) is 1. The number of hydrogen-bond acceptors (Lipinski definition) is 4. The van der Waals surface area contributed by atoms with Crippen molar-refractivity contribution in [3.63, 3.8) is 0 Å². The summed E-state index contributed by atoms with van der Waals surface area (Å²) in [4.78, 5) is 12.5. The smallest absolute Gasteiger partial charge is 0.342 e. The van der Waals surface area contributed by atoms with E-state index in [0.717, 1.165) is 22.7 Å². The first kappa shape index (κ1) is 27.0. The lowest BCUT2D eigenvalue weighted by atomic mass is 9.84. The summed E-state index contributed by atoms with van der Waals surface area (Å²) in [7, 11) is 1.82. The Kier molecular flexibility index (Phi) is 10.4. The van der Waals surface area contributed by atoms with Gasteiger partial charge in [-0.2, -0.15) is 0 Å². The van der Waals surface area contributed by atoms with Crippen LogP contribution in [0.15, 0.2) is 109 Å². The van der Waals surface area contributed by atoms with Crippen LogP contribution >= 0.6 is 0 Å². The molecular weight excluding hydrogens is 470 g/mol. The number of nitrogens with one attached hydrogen (secondary N) is 1. The predicted molar refractivity (Wildman–Crippen MR) is 155 cm³/mol. The van der Waals surface area contributed by atoms with Gasteiger partial charge in [0.1, 0.15) is 24.5 Å². The zero-order valence-corrected chi connectivity index (χ0v) is 22.1.